The largest absolute Gasteiger partial charge is 0.382 e. The molecule has 0 bridgehead atoms. The summed E-state index contributed by atoms with van der Waals surface area (Å²) in [5.41, 5.74) is 6.25. The van der Waals surface area contributed by atoms with Gasteiger partial charge < -0.3 is 21.3 Å². The van der Waals surface area contributed by atoms with E-state index in [-0.39, 0.29) is 11.9 Å². The Morgan fingerprint density at radius 1 is 1.40 bits per heavy atom. The van der Waals surface area contributed by atoms with Gasteiger partial charge in [0.2, 0.25) is 0 Å². The summed E-state index contributed by atoms with van der Waals surface area (Å²) in [7, 11) is 4.12. The Bertz CT molecular complexity index is 430. The lowest BCUT2D eigenvalue weighted by Gasteiger charge is -2.11. The number of nitrogens with zero attached hydrogens (tertiary/aromatic N) is 2. The first-order valence-corrected chi connectivity index (χ1v) is 7.63. The molecule has 1 aromatic rings. The van der Waals surface area contributed by atoms with E-state index >= 15 is 0 Å². The Labute approximate surface area is 124 Å². The number of carbonyl (C=O) groups excluding carboxylic acids is 1. The van der Waals surface area contributed by atoms with Crippen molar-refractivity contribution in [2.75, 3.05) is 38.2 Å². The van der Waals surface area contributed by atoms with Crippen molar-refractivity contribution in [1.82, 2.24) is 14.6 Å². The van der Waals surface area contributed by atoms with Gasteiger partial charge in [0.1, 0.15) is 10.6 Å². The smallest absolute Gasteiger partial charge is 0.258 e. The van der Waals surface area contributed by atoms with Gasteiger partial charge in [-0.05, 0) is 58.9 Å². The van der Waals surface area contributed by atoms with Gasteiger partial charge in [-0.3, -0.25) is 4.79 Å². The third-order valence-electron chi connectivity index (χ3n) is 2.68. The maximum absolute atomic E-state index is 12.1. The van der Waals surface area contributed by atoms with Crippen LogP contribution in [0.5, 0.6) is 0 Å². The number of carbonyl (C=O) groups is 1. The molecule has 0 aliphatic carbocycles. The fraction of sp³-hybridized carbons (Fsp3) is 0.692. The molecule has 0 saturated heterocycles. The molecular weight excluding hydrogens is 274 g/mol. The number of unbranched alkanes of at least 4 members (excludes halogenated alkanes) is 1. The number of nitrogen functional groups attached to an aromatic ring is 1. The van der Waals surface area contributed by atoms with Gasteiger partial charge in [0, 0.05) is 12.6 Å². The molecule has 1 aromatic heterocycles. The SMILES string of the molecule is CC(C)NC(=O)c1c(N)nsc1NCCCCN(C)C. The fourth-order valence-corrected chi connectivity index (χ4v) is 2.47. The minimum absolute atomic E-state index is 0.0785. The summed E-state index contributed by atoms with van der Waals surface area (Å²) >= 11 is 1.24. The molecule has 6 nitrogen and oxygen atoms in total. The molecule has 0 aromatic carbocycles. The van der Waals surface area contributed by atoms with Gasteiger partial charge in [-0.2, -0.15) is 4.37 Å². The van der Waals surface area contributed by atoms with Gasteiger partial charge in [-0.1, -0.05) is 0 Å². The molecular formula is C13H25N5OS. The maximum Gasteiger partial charge on any atom is 0.258 e. The molecule has 0 atom stereocenters. The molecule has 0 fully saturated rings. The van der Waals surface area contributed by atoms with E-state index in [0.717, 1.165) is 30.9 Å². The van der Waals surface area contributed by atoms with Crippen LogP contribution in [0.4, 0.5) is 10.8 Å². The average molecular weight is 299 g/mol. The van der Waals surface area contributed by atoms with Crippen LogP contribution in [0.3, 0.4) is 0 Å². The van der Waals surface area contributed by atoms with Crippen LogP contribution in [0.2, 0.25) is 0 Å². The van der Waals surface area contributed by atoms with E-state index in [2.05, 4.69) is 34.0 Å². The highest BCUT2D eigenvalue weighted by molar-refractivity contribution is 7.11. The Morgan fingerprint density at radius 2 is 2.10 bits per heavy atom. The summed E-state index contributed by atoms with van der Waals surface area (Å²) in [5, 5.41) is 6.86. The summed E-state index contributed by atoms with van der Waals surface area (Å²) in [6, 6.07) is 0.0785. The number of hydrogen-bond donors (Lipinski definition) is 3. The maximum atomic E-state index is 12.1. The number of nitrogens with one attached hydrogen (secondary N) is 2. The Kier molecular flexibility index (Phi) is 6.74. The van der Waals surface area contributed by atoms with Crippen molar-refractivity contribution in [1.29, 1.82) is 0 Å². The number of rotatable bonds is 8. The highest BCUT2D eigenvalue weighted by Crippen LogP contribution is 2.26. The summed E-state index contributed by atoms with van der Waals surface area (Å²) in [4.78, 5) is 14.2. The van der Waals surface area contributed by atoms with Crippen molar-refractivity contribution in [2.24, 2.45) is 0 Å². The quantitative estimate of drug-likeness (QED) is 0.635. The summed E-state index contributed by atoms with van der Waals surface area (Å²) < 4.78 is 4.06. The highest BCUT2D eigenvalue weighted by atomic mass is 32.1. The Hall–Kier alpha value is -1.34. The number of anilines is 2. The van der Waals surface area contributed by atoms with Gasteiger partial charge in [-0.25, -0.2) is 0 Å². The normalized spacial score (nSPS) is 11.1. The van der Waals surface area contributed by atoms with Crippen molar-refractivity contribution in [3.8, 4) is 0 Å². The van der Waals surface area contributed by atoms with E-state index in [1.807, 2.05) is 13.8 Å². The summed E-state index contributed by atoms with van der Waals surface area (Å²) in [6.45, 7) is 5.72. The molecule has 0 aliphatic rings. The topological polar surface area (TPSA) is 83.3 Å². The van der Waals surface area contributed by atoms with E-state index in [1.165, 1.54) is 11.5 Å². The molecule has 1 rings (SSSR count). The summed E-state index contributed by atoms with van der Waals surface area (Å²) in [6.07, 6.45) is 2.16. The van der Waals surface area contributed by atoms with E-state index in [0.29, 0.717) is 11.4 Å². The van der Waals surface area contributed by atoms with E-state index in [1.54, 1.807) is 0 Å². The molecule has 4 N–H and O–H groups in total. The first kappa shape index (κ1) is 16.7. The third kappa shape index (κ3) is 5.34. The predicted molar refractivity (Wildman–Crippen MR) is 85.4 cm³/mol. The van der Waals surface area contributed by atoms with Crippen LogP contribution in [-0.2, 0) is 0 Å². The zero-order chi connectivity index (χ0) is 15.1. The van der Waals surface area contributed by atoms with E-state index in [9.17, 15) is 4.79 Å². The van der Waals surface area contributed by atoms with Crippen LogP contribution in [0.15, 0.2) is 0 Å². The first-order valence-electron chi connectivity index (χ1n) is 6.86. The number of hydrogen-bond acceptors (Lipinski definition) is 6. The zero-order valence-electron chi connectivity index (χ0n) is 12.7. The first-order chi connectivity index (χ1) is 9.41. The van der Waals surface area contributed by atoms with Gasteiger partial charge in [0.15, 0.2) is 5.82 Å². The van der Waals surface area contributed by atoms with Crippen LogP contribution in [0.1, 0.15) is 37.0 Å². The minimum atomic E-state index is -0.165. The van der Waals surface area contributed by atoms with Crippen LogP contribution in [0.25, 0.3) is 0 Å². The van der Waals surface area contributed by atoms with Gasteiger partial charge in [-0.15, -0.1) is 0 Å². The molecule has 0 radical (unpaired) electrons. The molecule has 0 saturated carbocycles. The molecule has 7 heteroatoms. The lowest BCUT2D eigenvalue weighted by molar-refractivity contribution is 0.0945. The van der Waals surface area contributed by atoms with Gasteiger partial charge >= 0.3 is 0 Å². The molecule has 20 heavy (non-hydrogen) atoms. The minimum Gasteiger partial charge on any atom is -0.382 e. The average Bonchev–Trinajstić information content (AvgIpc) is 2.69. The zero-order valence-corrected chi connectivity index (χ0v) is 13.5. The van der Waals surface area contributed by atoms with Crippen LogP contribution < -0.4 is 16.4 Å². The lowest BCUT2D eigenvalue weighted by atomic mass is 10.2. The van der Waals surface area contributed by atoms with Crippen molar-refractivity contribution < 1.29 is 4.79 Å². The monoisotopic (exact) mass is 299 g/mol. The number of nitrogens with two attached hydrogens (primary N) is 1. The third-order valence-corrected chi connectivity index (χ3v) is 3.50. The second kappa shape index (κ2) is 8.06. The molecule has 114 valence electrons. The van der Waals surface area contributed by atoms with Crippen LogP contribution in [-0.4, -0.2) is 48.4 Å². The van der Waals surface area contributed by atoms with Crippen LogP contribution >= 0.6 is 11.5 Å². The van der Waals surface area contributed by atoms with Crippen molar-refractivity contribution >= 4 is 28.3 Å². The molecule has 0 aliphatic heterocycles. The van der Waals surface area contributed by atoms with Crippen molar-refractivity contribution in [3.05, 3.63) is 5.56 Å². The number of amides is 1. The van der Waals surface area contributed by atoms with Crippen LogP contribution in [0, 0.1) is 0 Å². The molecule has 0 spiro atoms. The van der Waals surface area contributed by atoms with Crippen molar-refractivity contribution in [2.45, 2.75) is 32.7 Å². The Morgan fingerprint density at radius 3 is 2.70 bits per heavy atom. The molecule has 1 heterocycles. The lowest BCUT2D eigenvalue weighted by Crippen LogP contribution is -2.30. The summed E-state index contributed by atoms with van der Waals surface area (Å²) in [5.74, 6) is 0.131. The van der Waals surface area contributed by atoms with Gasteiger partial charge in [0.05, 0.1) is 0 Å². The number of aromatic nitrogens is 1. The predicted octanol–water partition coefficient (Wildman–Crippen LogP) is 1.62. The highest BCUT2D eigenvalue weighted by Gasteiger charge is 2.19. The van der Waals surface area contributed by atoms with E-state index < -0.39 is 0 Å². The molecule has 0 unspecified atom stereocenters. The van der Waals surface area contributed by atoms with Gasteiger partial charge in [0.25, 0.3) is 5.91 Å². The Balaban J connectivity index is 2.52. The standard InChI is InChI=1S/C13H25N5OS/c1-9(2)16-12(19)10-11(14)17-20-13(10)15-7-5-6-8-18(3)4/h9,15H,5-8H2,1-4H3,(H2,14,17)(H,16,19). The van der Waals surface area contributed by atoms with E-state index in [4.69, 9.17) is 5.73 Å². The second-order valence-corrected chi connectivity index (χ2v) is 6.11. The fourth-order valence-electron chi connectivity index (χ4n) is 1.73. The second-order valence-electron chi connectivity index (χ2n) is 5.34. The van der Waals surface area contributed by atoms with Crippen molar-refractivity contribution in [3.63, 3.8) is 0 Å². The molecule has 1 amide bonds.